The van der Waals surface area contributed by atoms with Gasteiger partial charge in [-0.05, 0) is 31.9 Å². The topological polar surface area (TPSA) is 26.8 Å². The second-order valence-electron chi connectivity index (χ2n) is 6.60. The number of carbonyl (C=O) groups is 1. The van der Waals surface area contributed by atoms with Crippen LogP contribution in [0, 0.1) is 0 Å². The third kappa shape index (κ3) is 4.31. The number of carbonyl (C=O) groups excluding carboxylic acids is 1. The number of benzene rings is 1. The van der Waals surface area contributed by atoms with Crippen LogP contribution in [0.1, 0.15) is 18.4 Å². The van der Waals surface area contributed by atoms with Crippen molar-refractivity contribution in [3.8, 4) is 0 Å². The van der Waals surface area contributed by atoms with Gasteiger partial charge in [0.15, 0.2) is 0 Å². The average molecular weight is 301 g/mol. The number of piperazine rings is 1. The molecule has 1 aliphatic heterocycles. The molecule has 1 heterocycles. The van der Waals surface area contributed by atoms with Crippen LogP contribution in [0.5, 0.6) is 0 Å². The summed E-state index contributed by atoms with van der Waals surface area (Å²) in [5.41, 5.74) is 1.40. The predicted molar refractivity (Wildman–Crippen MR) is 88.8 cm³/mol. The third-order valence-corrected chi connectivity index (χ3v) is 4.84. The first-order valence-electron chi connectivity index (χ1n) is 8.46. The summed E-state index contributed by atoms with van der Waals surface area (Å²) < 4.78 is 0. The van der Waals surface area contributed by atoms with Gasteiger partial charge in [0.1, 0.15) is 0 Å². The first-order valence-corrected chi connectivity index (χ1v) is 8.46. The zero-order chi connectivity index (χ0) is 15.4. The molecule has 0 spiro atoms. The molecule has 2 fully saturated rings. The first-order chi connectivity index (χ1) is 10.7. The van der Waals surface area contributed by atoms with Crippen LogP contribution >= 0.6 is 0 Å². The van der Waals surface area contributed by atoms with Gasteiger partial charge in [-0.15, -0.1) is 0 Å². The molecule has 1 amide bonds. The molecule has 0 bridgehead atoms. The Labute approximate surface area is 133 Å². The Bertz CT molecular complexity index is 478. The second-order valence-corrected chi connectivity index (χ2v) is 6.60. The maximum Gasteiger partial charge on any atom is 0.236 e. The molecule has 2 aliphatic rings. The minimum atomic E-state index is 0.303. The van der Waals surface area contributed by atoms with E-state index >= 15 is 0 Å². The quantitative estimate of drug-likeness (QED) is 0.796. The number of hydrogen-bond donors (Lipinski definition) is 0. The second kappa shape index (κ2) is 7.25. The van der Waals surface area contributed by atoms with E-state index in [4.69, 9.17) is 0 Å². The minimum absolute atomic E-state index is 0.303. The summed E-state index contributed by atoms with van der Waals surface area (Å²) >= 11 is 0. The van der Waals surface area contributed by atoms with Crippen LogP contribution in [0.3, 0.4) is 0 Å². The van der Waals surface area contributed by atoms with Gasteiger partial charge in [-0.2, -0.15) is 0 Å². The van der Waals surface area contributed by atoms with Gasteiger partial charge in [-0.25, -0.2) is 0 Å². The number of amides is 1. The summed E-state index contributed by atoms with van der Waals surface area (Å²) in [5.74, 6) is 0.303. The molecule has 0 N–H and O–H groups in total. The van der Waals surface area contributed by atoms with Crippen molar-refractivity contribution in [1.82, 2.24) is 14.7 Å². The van der Waals surface area contributed by atoms with E-state index in [-0.39, 0.29) is 0 Å². The van der Waals surface area contributed by atoms with Crippen LogP contribution in [0.25, 0.3) is 0 Å². The number of rotatable bonds is 6. The van der Waals surface area contributed by atoms with Crippen molar-refractivity contribution >= 4 is 5.91 Å². The average Bonchev–Trinajstić information content (AvgIpc) is 3.39. The number of hydrogen-bond acceptors (Lipinski definition) is 3. The highest BCUT2D eigenvalue weighted by molar-refractivity contribution is 5.78. The van der Waals surface area contributed by atoms with Gasteiger partial charge in [-0.3, -0.25) is 14.6 Å². The monoisotopic (exact) mass is 301 g/mol. The fourth-order valence-electron chi connectivity index (χ4n) is 3.11. The molecule has 1 aliphatic carbocycles. The van der Waals surface area contributed by atoms with Gasteiger partial charge in [0.25, 0.3) is 0 Å². The molecule has 1 saturated carbocycles. The Balaban J connectivity index is 1.37. The Morgan fingerprint density at radius 3 is 2.45 bits per heavy atom. The van der Waals surface area contributed by atoms with E-state index in [1.807, 2.05) is 4.90 Å². The summed E-state index contributed by atoms with van der Waals surface area (Å²) in [7, 11) is 2.08. The van der Waals surface area contributed by atoms with Gasteiger partial charge >= 0.3 is 0 Å². The Kier molecular flexibility index (Phi) is 5.11. The van der Waals surface area contributed by atoms with E-state index < -0.39 is 0 Å². The fraction of sp³-hybridized carbons (Fsp3) is 0.611. The lowest BCUT2D eigenvalue weighted by Gasteiger charge is -2.35. The largest absolute Gasteiger partial charge is 0.339 e. The third-order valence-electron chi connectivity index (χ3n) is 4.84. The number of likely N-dealkylation sites (N-methyl/N-ethyl adjacent to an activating group) is 1. The molecule has 4 heteroatoms. The highest BCUT2D eigenvalue weighted by atomic mass is 16.2. The van der Waals surface area contributed by atoms with E-state index in [0.717, 1.165) is 39.1 Å². The van der Waals surface area contributed by atoms with Gasteiger partial charge in [0.2, 0.25) is 5.91 Å². The smallest absolute Gasteiger partial charge is 0.236 e. The Hall–Kier alpha value is -1.39. The first kappa shape index (κ1) is 15.5. The van der Waals surface area contributed by atoms with E-state index in [1.165, 1.54) is 18.4 Å². The lowest BCUT2D eigenvalue weighted by Crippen LogP contribution is -2.51. The van der Waals surface area contributed by atoms with E-state index in [1.54, 1.807) is 0 Å². The lowest BCUT2D eigenvalue weighted by atomic mass is 10.1. The maximum absolute atomic E-state index is 12.3. The molecule has 4 nitrogen and oxygen atoms in total. The predicted octanol–water partition coefficient (Wildman–Crippen LogP) is 1.47. The fourth-order valence-corrected chi connectivity index (χ4v) is 3.11. The van der Waals surface area contributed by atoms with Crippen molar-refractivity contribution in [2.24, 2.45) is 0 Å². The summed E-state index contributed by atoms with van der Waals surface area (Å²) in [6.07, 6.45) is 3.62. The van der Waals surface area contributed by atoms with Crippen LogP contribution in [0.15, 0.2) is 30.3 Å². The van der Waals surface area contributed by atoms with Gasteiger partial charge < -0.3 is 4.90 Å². The molecule has 0 unspecified atom stereocenters. The zero-order valence-electron chi connectivity index (χ0n) is 13.6. The van der Waals surface area contributed by atoms with Gasteiger partial charge in [0.05, 0.1) is 6.54 Å². The van der Waals surface area contributed by atoms with Crippen LogP contribution in [0.4, 0.5) is 0 Å². The summed E-state index contributed by atoms with van der Waals surface area (Å²) in [6.45, 7) is 5.46. The minimum Gasteiger partial charge on any atom is -0.339 e. The maximum atomic E-state index is 12.3. The molecule has 120 valence electrons. The van der Waals surface area contributed by atoms with E-state index in [0.29, 0.717) is 18.5 Å². The van der Waals surface area contributed by atoms with Gasteiger partial charge in [-0.1, -0.05) is 30.3 Å². The molecule has 22 heavy (non-hydrogen) atoms. The van der Waals surface area contributed by atoms with Crippen molar-refractivity contribution in [3.05, 3.63) is 35.9 Å². The van der Waals surface area contributed by atoms with Crippen molar-refractivity contribution < 1.29 is 4.79 Å². The molecule has 1 aromatic carbocycles. The zero-order valence-corrected chi connectivity index (χ0v) is 13.6. The van der Waals surface area contributed by atoms with Crippen LogP contribution in [-0.4, -0.2) is 73.0 Å². The molecular formula is C18H27N3O. The Morgan fingerprint density at radius 2 is 1.82 bits per heavy atom. The summed E-state index contributed by atoms with van der Waals surface area (Å²) in [6, 6.07) is 11.3. The van der Waals surface area contributed by atoms with Crippen molar-refractivity contribution in [3.63, 3.8) is 0 Å². The molecule has 3 rings (SSSR count). The summed E-state index contributed by atoms with van der Waals surface area (Å²) in [5, 5.41) is 0. The molecule has 0 aromatic heterocycles. The van der Waals surface area contributed by atoms with E-state index in [9.17, 15) is 4.79 Å². The number of nitrogens with zero attached hydrogens (tertiary/aromatic N) is 3. The van der Waals surface area contributed by atoms with Crippen molar-refractivity contribution in [2.45, 2.75) is 25.3 Å². The van der Waals surface area contributed by atoms with Gasteiger partial charge in [0, 0.05) is 38.8 Å². The Morgan fingerprint density at radius 1 is 1.14 bits per heavy atom. The van der Waals surface area contributed by atoms with E-state index in [2.05, 4.69) is 47.2 Å². The molecule has 1 saturated heterocycles. The van der Waals surface area contributed by atoms with Crippen molar-refractivity contribution in [1.29, 1.82) is 0 Å². The lowest BCUT2D eigenvalue weighted by molar-refractivity contribution is -0.134. The normalized spacial score (nSPS) is 19.6. The molecule has 1 aromatic rings. The molecular weight excluding hydrogens is 274 g/mol. The summed E-state index contributed by atoms with van der Waals surface area (Å²) in [4.78, 5) is 19.0. The van der Waals surface area contributed by atoms with Crippen LogP contribution < -0.4 is 0 Å². The van der Waals surface area contributed by atoms with Crippen LogP contribution in [-0.2, 0) is 11.2 Å². The SMILES string of the molecule is CN(CC(=O)N1CCN(CCc2ccccc2)CC1)C1CC1. The molecule has 0 atom stereocenters. The molecule has 0 radical (unpaired) electrons. The highest BCUT2D eigenvalue weighted by Crippen LogP contribution is 2.25. The highest BCUT2D eigenvalue weighted by Gasteiger charge is 2.29. The van der Waals surface area contributed by atoms with Crippen LogP contribution in [0.2, 0.25) is 0 Å². The van der Waals surface area contributed by atoms with Crippen molar-refractivity contribution in [2.75, 3.05) is 46.3 Å². The standard InChI is InChI=1S/C18H27N3O/c1-19(17-7-8-17)15-18(22)21-13-11-20(12-14-21)10-9-16-5-3-2-4-6-16/h2-6,17H,7-15H2,1H3.